The molecule has 162 valence electrons. The lowest BCUT2D eigenvalue weighted by Gasteiger charge is -2.37. The summed E-state index contributed by atoms with van der Waals surface area (Å²) >= 11 is 9.78. The van der Waals surface area contributed by atoms with Crippen LogP contribution in [0.2, 0.25) is 5.02 Å². The zero-order valence-electron chi connectivity index (χ0n) is 17.0. The number of hydrogen-bond acceptors (Lipinski definition) is 3. The van der Waals surface area contributed by atoms with Gasteiger partial charge in [-0.2, -0.15) is 0 Å². The first-order valence-corrected chi connectivity index (χ1v) is 11.1. The Kier molecular flexibility index (Phi) is 5.70. The van der Waals surface area contributed by atoms with Crippen molar-refractivity contribution in [3.05, 3.63) is 72.2 Å². The third kappa shape index (κ3) is 3.78. The highest BCUT2D eigenvalue weighted by Crippen LogP contribution is 2.31. The first-order chi connectivity index (χ1) is 14.7. The van der Waals surface area contributed by atoms with E-state index in [0.29, 0.717) is 39.3 Å². The Morgan fingerprint density at radius 1 is 1.16 bits per heavy atom. The van der Waals surface area contributed by atoms with Crippen LogP contribution in [0.1, 0.15) is 25.3 Å². The molecule has 4 rings (SSSR count). The van der Waals surface area contributed by atoms with Crippen LogP contribution in [0.15, 0.2) is 50.5 Å². The van der Waals surface area contributed by atoms with Gasteiger partial charge in [0.2, 0.25) is 0 Å². The van der Waals surface area contributed by atoms with Crippen molar-refractivity contribution >= 4 is 44.7 Å². The Morgan fingerprint density at radius 2 is 1.84 bits per heavy atom. The van der Waals surface area contributed by atoms with Crippen molar-refractivity contribution < 1.29 is 9.90 Å². The molecule has 31 heavy (non-hydrogen) atoms. The molecule has 1 fully saturated rings. The molecule has 2 aromatic carbocycles. The van der Waals surface area contributed by atoms with Crippen molar-refractivity contribution in [1.82, 2.24) is 14.0 Å². The van der Waals surface area contributed by atoms with E-state index in [9.17, 15) is 14.4 Å². The maximum Gasteiger partial charge on any atom is 0.407 e. The maximum atomic E-state index is 13.3. The topological polar surface area (TPSA) is 84.5 Å². The standard InChI is InChI=1S/C22H21BrClN3O4/c1-12(2)14-5-3-4-6-17(14)27-19-7-15(23)16(24)8-18(19)26(20(28)21(27)29)11-13-9-25(10-13)22(30)31/h3-8,12-13H,9-11H2,1-2H3,(H,30,31). The summed E-state index contributed by atoms with van der Waals surface area (Å²) in [6, 6.07) is 10.9. The van der Waals surface area contributed by atoms with Crippen molar-refractivity contribution in [2.45, 2.75) is 26.3 Å². The van der Waals surface area contributed by atoms with Crippen molar-refractivity contribution in [1.29, 1.82) is 0 Å². The Balaban J connectivity index is 1.96. The van der Waals surface area contributed by atoms with Crippen LogP contribution < -0.4 is 11.1 Å². The third-order valence-corrected chi connectivity index (χ3v) is 6.85. The lowest BCUT2D eigenvalue weighted by atomic mass is 10.00. The lowest BCUT2D eigenvalue weighted by molar-refractivity contribution is 0.0748. The Labute approximate surface area is 191 Å². The van der Waals surface area contributed by atoms with Gasteiger partial charge >= 0.3 is 17.2 Å². The number of fused-ring (bicyclic) bond motifs is 1. The second-order valence-electron chi connectivity index (χ2n) is 8.08. The molecule has 1 aromatic heterocycles. The number of hydrogen-bond donors (Lipinski definition) is 1. The second kappa shape index (κ2) is 8.16. The minimum absolute atomic E-state index is 0.0439. The molecule has 0 spiro atoms. The normalized spacial score (nSPS) is 14.3. The maximum absolute atomic E-state index is 13.3. The number of aromatic nitrogens is 2. The minimum Gasteiger partial charge on any atom is -0.465 e. The molecule has 0 saturated carbocycles. The molecule has 0 atom stereocenters. The number of para-hydroxylation sites is 1. The zero-order valence-corrected chi connectivity index (χ0v) is 19.4. The molecular weight excluding hydrogens is 486 g/mol. The van der Waals surface area contributed by atoms with E-state index in [-0.39, 0.29) is 18.4 Å². The molecule has 1 N–H and O–H groups in total. The van der Waals surface area contributed by atoms with Gasteiger partial charge in [-0.15, -0.1) is 0 Å². The van der Waals surface area contributed by atoms with Crippen LogP contribution in [-0.2, 0) is 6.54 Å². The predicted octanol–water partition coefficient (Wildman–Crippen LogP) is 4.30. The fraction of sp³-hybridized carbons (Fsp3) is 0.318. The minimum atomic E-state index is -0.985. The number of halogens is 2. The van der Waals surface area contributed by atoms with Crippen molar-refractivity contribution in [2.75, 3.05) is 13.1 Å². The Bertz CT molecular complexity index is 1310. The average molecular weight is 507 g/mol. The van der Waals surface area contributed by atoms with E-state index in [1.54, 1.807) is 12.1 Å². The van der Waals surface area contributed by atoms with Gasteiger partial charge in [-0.1, -0.05) is 43.6 Å². The summed E-state index contributed by atoms with van der Waals surface area (Å²) in [6.45, 7) is 4.97. The van der Waals surface area contributed by atoms with E-state index >= 15 is 0 Å². The van der Waals surface area contributed by atoms with Gasteiger partial charge in [-0.25, -0.2) is 4.79 Å². The van der Waals surface area contributed by atoms with Crippen molar-refractivity contribution in [2.24, 2.45) is 5.92 Å². The van der Waals surface area contributed by atoms with Crippen LogP contribution in [0.25, 0.3) is 16.7 Å². The highest BCUT2D eigenvalue weighted by Gasteiger charge is 2.31. The largest absolute Gasteiger partial charge is 0.465 e. The van der Waals surface area contributed by atoms with E-state index in [4.69, 9.17) is 16.7 Å². The smallest absolute Gasteiger partial charge is 0.407 e. The second-order valence-corrected chi connectivity index (χ2v) is 9.34. The predicted molar refractivity (Wildman–Crippen MR) is 124 cm³/mol. The number of amides is 1. The highest BCUT2D eigenvalue weighted by atomic mass is 79.9. The van der Waals surface area contributed by atoms with Gasteiger partial charge in [0, 0.05) is 30.0 Å². The van der Waals surface area contributed by atoms with Crippen LogP contribution in [-0.4, -0.2) is 38.3 Å². The summed E-state index contributed by atoms with van der Waals surface area (Å²) < 4.78 is 3.49. The monoisotopic (exact) mass is 505 g/mol. The van der Waals surface area contributed by atoms with Crippen LogP contribution in [0.5, 0.6) is 0 Å². The summed E-state index contributed by atoms with van der Waals surface area (Å²) in [5, 5.41) is 9.49. The zero-order chi connectivity index (χ0) is 22.4. The highest BCUT2D eigenvalue weighted by molar-refractivity contribution is 9.10. The summed E-state index contributed by atoms with van der Waals surface area (Å²) in [5.41, 5.74) is 1.40. The number of nitrogens with zero attached hydrogens (tertiary/aromatic N) is 3. The molecule has 3 aromatic rings. The number of rotatable bonds is 4. The van der Waals surface area contributed by atoms with Gasteiger partial charge in [0.25, 0.3) is 0 Å². The average Bonchev–Trinajstić information content (AvgIpc) is 2.68. The first-order valence-electron chi connectivity index (χ1n) is 9.90. The van der Waals surface area contributed by atoms with E-state index in [2.05, 4.69) is 15.9 Å². The fourth-order valence-corrected chi connectivity index (χ4v) is 4.54. The quantitative estimate of drug-likeness (QED) is 0.535. The molecule has 0 bridgehead atoms. The third-order valence-electron chi connectivity index (χ3n) is 5.65. The van der Waals surface area contributed by atoms with Gasteiger partial charge in [0.1, 0.15) is 0 Å². The van der Waals surface area contributed by atoms with Crippen molar-refractivity contribution in [3.8, 4) is 5.69 Å². The molecule has 1 aliphatic heterocycles. The molecule has 1 saturated heterocycles. The molecule has 1 aliphatic rings. The van der Waals surface area contributed by atoms with Gasteiger partial charge in [-0.05, 0) is 45.6 Å². The van der Waals surface area contributed by atoms with E-state index in [0.717, 1.165) is 5.56 Å². The summed E-state index contributed by atoms with van der Waals surface area (Å²) in [7, 11) is 0. The fourth-order valence-electron chi connectivity index (χ4n) is 4.05. The summed E-state index contributed by atoms with van der Waals surface area (Å²) in [6.07, 6.45) is -0.985. The molecule has 0 aliphatic carbocycles. The number of carboxylic acid groups (broad SMARTS) is 1. The molecule has 9 heteroatoms. The van der Waals surface area contributed by atoms with Crippen LogP contribution >= 0.6 is 27.5 Å². The molecule has 1 amide bonds. The molecular formula is C22H21BrClN3O4. The Morgan fingerprint density at radius 3 is 2.48 bits per heavy atom. The van der Waals surface area contributed by atoms with Gasteiger partial charge in [0.15, 0.2) is 0 Å². The van der Waals surface area contributed by atoms with Crippen LogP contribution in [0.4, 0.5) is 4.79 Å². The van der Waals surface area contributed by atoms with Gasteiger partial charge in [-0.3, -0.25) is 14.2 Å². The number of benzene rings is 2. The van der Waals surface area contributed by atoms with E-state index in [1.807, 2.05) is 38.1 Å². The molecule has 2 heterocycles. The van der Waals surface area contributed by atoms with E-state index < -0.39 is 17.2 Å². The van der Waals surface area contributed by atoms with Crippen LogP contribution in [0, 0.1) is 5.92 Å². The van der Waals surface area contributed by atoms with Gasteiger partial charge < -0.3 is 14.6 Å². The first kappa shape index (κ1) is 21.6. The molecule has 0 radical (unpaired) electrons. The van der Waals surface area contributed by atoms with Crippen LogP contribution in [0.3, 0.4) is 0 Å². The SMILES string of the molecule is CC(C)c1ccccc1-n1c(=O)c(=O)n(CC2CN(C(=O)O)C2)c2cc(Cl)c(Br)cc21. The summed E-state index contributed by atoms with van der Waals surface area (Å²) in [5.74, 6) is 0.103. The van der Waals surface area contributed by atoms with Gasteiger partial charge in [0.05, 0.1) is 21.7 Å². The Hall–Kier alpha value is -2.58. The molecule has 7 nitrogen and oxygen atoms in total. The molecule has 0 unspecified atom stereocenters. The van der Waals surface area contributed by atoms with E-state index in [1.165, 1.54) is 14.0 Å². The lowest BCUT2D eigenvalue weighted by Crippen LogP contribution is -2.52. The summed E-state index contributed by atoms with van der Waals surface area (Å²) in [4.78, 5) is 38.8. The number of carbonyl (C=O) groups is 1. The number of likely N-dealkylation sites (tertiary alicyclic amines) is 1. The van der Waals surface area contributed by atoms with Crippen molar-refractivity contribution in [3.63, 3.8) is 0 Å².